The maximum Gasteiger partial charge on any atom is 0.120 e. The van der Waals surface area contributed by atoms with Crippen LogP contribution in [0.2, 0.25) is 0 Å². The van der Waals surface area contributed by atoms with Crippen LogP contribution in [-0.2, 0) is 17.8 Å². The van der Waals surface area contributed by atoms with Gasteiger partial charge in [-0.15, -0.1) is 0 Å². The van der Waals surface area contributed by atoms with E-state index >= 15 is 0 Å². The molecule has 3 rings (SSSR count). The summed E-state index contributed by atoms with van der Waals surface area (Å²) in [6, 6.07) is 9.76. The minimum Gasteiger partial charge on any atom is -0.508 e. The second-order valence-corrected chi connectivity index (χ2v) is 6.45. The summed E-state index contributed by atoms with van der Waals surface area (Å²) in [5.41, 5.74) is 2.11. The van der Waals surface area contributed by atoms with Crippen molar-refractivity contribution in [3.05, 3.63) is 53.0 Å². The third-order valence-corrected chi connectivity index (χ3v) is 4.29. The number of nitrogens with zero attached hydrogens (tertiary/aromatic N) is 1. The van der Waals surface area contributed by atoms with Gasteiger partial charge in [0.1, 0.15) is 17.3 Å². The first-order valence-electron chi connectivity index (χ1n) is 8.28. The van der Waals surface area contributed by atoms with Gasteiger partial charge in [0.05, 0.1) is 12.6 Å². The molecule has 0 aliphatic carbocycles. The number of rotatable bonds is 6. The Bertz CT molecular complexity index is 644. The van der Waals surface area contributed by atoms with Gasteiger partial charge >= 0.3 is 0 Å². The molecule has 1 aromatic heterocycles. The molecule has 23 heavy (non-hydrogen) atoms. The normalized spacial score (nSPS) is 18.0. The molecule has 1 atom stereocenters. The van der Waals surface area contributed by atoms with Crippen molar-refractivity contribution in [3.63, 3.8) is 0 Å². The summed E-state index contributed by atoms with van der Waals surface area (Å²) in [4.78, 5) is 2.29. The Kier molecular flexibility index (Phi) is 5.03. The minimum atomic E-state index is 0.276. The van der Waals surface area contributed by atoms with E-state index in [1.54, 1.807) is 6.07 Å². The van der Waals surface area contributed by atoms with Crippen LogP contribution in [0.15, 0.2) is 34.7 Å². The maximum atomic E-state index is 10.1. The van der Waals surface area contributed by atoms with E-state index in [-0.39, 0.29) is 6.10 Å². The molecule has 1 unspecified atom stereocenters. The van der Waals surface area contributed by atoms with Gasteiger partial charge < -0.3 is 14.3 Å². The summed E-state index contributed by atoms with van der Waals surface area (Å²) in [5.74, 6) is 2.23. The van der Waals surface area contributed by atoms with Crippen molar-refractivity contribution in [2.24, 2.45) is 0 Å². The zero-order valence-electron chi connectivity index (χ0n) is 13.9. The summed E-state index contributed by atoms with van der Waals surface area (Å²) in [7, 11) is 0. The molecule has 2 aromatic rings. The Morgan fingerprint density at radius 1 is 1.17 bits per heavy atom. The lowest BCUT2D eigenvalue weighted by atomic mass is 10.1. The second kappa shape index (κ2) is 7.20. The number of hydrogen-bond donors (Lipinski definition) is 1. The van der Waals surface area contributed by atoms with Gasteiger partial charge in [-0.3, -0.25) is 4.90 Å². The molecule has 2 heterocycles. The molecule has 1 fully saturated rings. The maximum absolute atomic E-state index is 10.1. The molecule has 1 aliphatic rings. The molecule has 124 valence electrons. The average Bonchev–Trinajstić information content (AvgIpc) is 3.15. The number of hydrogen-bond acceptors (Lipinski definition) is 4. The van der Waals surface area contributed by atoms with Gasteiger partial charge in [0.25, 0.3) is 0 Å². The lowest BCUT2D eigenvalue weighted by Gasteiger charge is -2.25. The lowest BCUT2D eigenvalue weighted by Crippen LogP contribution is -2.31. The Morgan fingerprint density at radius 3 is 2.74 bits per heavy atom. The highest BCUT2D eigenvalue weighted by molar-refractivity contribution is 5.35. The van der Waals surface area contributed by atoms with Crippen LogP contribution in [0.3, 0.4) is 0 Å². The quantitative estimate of drug-likeness (QED) is 0.881. The van der Waals surface area contributed by atoms with Crippen LogP contribution in [0.5, 0.6) is 5.75 Å². The molecule has 0 spiro atoms. The fourth-order valence-corrected chi connectivity index (χ4v) is 3.13. The van der Waals surface area contributed by atoms with E-state index in [4.69, 9.17) is 9.15 Å². The summed E-state index contributed by atoms with van der Waals surface area (Å²) in [6.07, 6.45) is 2.51. The summed E-state index contributed by atoms with van der Waals surface area (Å²) in [5, 5.41) is 10.1. The number of ether oxygens (including phenoxy) is 1. The number of phenols is 1. The SMILES string of the molecule is Cc1ccc(O)c(CN(Cc2ccc(C)o2)CC2CCCO2)c1. The van der Waals surface area contributed by atoms with Gasteiger partial charge in [-0.05, 0) is 44.9 Å². The first-order valence-corrected chi connectivity index (χ1v) is 8.28. The molecule has 1 aliphatic heterocycles. The average molecular weight is 315 g/mol. The molecule has 4 heteroatoms. The largest absolute Gasteiger partial charge is 0.508 e. The Labute approximate surface area is 137 Å². The molecule has 4 nitrogen and oxygen atoms in total. The van der Waals surface area contributed by atoms with E-state index in [9.17, 15) is 5.11 Å². The topological polar surface area (TPSA) is 45.8 Å². The number of aromatic hydroxyl groups is 1. The summed E-state index contributed by atoms with van der Waals surface area (Å²) in [6.45, 7) is 7.12. The van der Waals surface area contributed by atoms with Gasteiger partial charge in [-0.2, -0.15) is 0 Å². The van der Waals surface area contributed by atoms with Crippen molar-refractivity contribution < 1.29 is 14.3 Å². The Morgan fingerprint density at radius 2 is 2.04 bits per heavy atom. The van der Waals surface area contributed by atoms with Crippen molar-refractivity contribution in [3.8, 4) is 5.75 Å². The molecule has 0 amide bonds. The van der Waals surface area contributed by atoms with E-state index in [0.717, 1.165) is 55.2 Å². The molecule has 0 radical (unpaired) electrons. The van der Waals surface area contributed by atoms with Gasteiger partial charge in [-0.25, -0.2) is 0 Å². The lowest BCUT2D eigenvalue weighted by molar-refractivity contribution is 0.0651. The molecular weight excluding hydrogens is 290 g/mol. The van der Waals surface area contributed by atoms with E-state index < -0.39 is 0 Å². The highest BCUT2D eigenvalue weighted by Crippen LogP contribution is 2.23. The first-order chi connectivity index (χ1) is 11.1. The van der Waals surface area contributed by atoms with E-state index in [1.165, 1.54) is 0 Å². The number of benzene rings is 1. The highest BCUT2D eigenvalue weighted by Gasteiger charge is 2.21. The number of aryl methyl sites for hydroxylation is 2. The van der Waals surface area contributed by atoms with Crippen molar-refractivity contribution in [1.82, 2.24) is 4.90 Å². The molecule has 1 saturated heterocycles. The third kappa shape index (κ3) is 4.36. The van der Waals surface area contributed by atoms with Crippen LogP contribution in [0, 0.1) is 13.8 Å². The van der Waals surface area contributed by atoms with Gasteiger partial charge in [-0.1, -0.05) is 17.7 Å². The minimum absolute atomic E-state index is 0.276. The fourth-order valence-electron chi connectivity index (χ4n) is 3.13. The van der Waals surface area contributed by atoms with Crippen molar-refractivity contribution in [1.29, 1.82) is 0 Å². The Hall–Kier alpha value is -1.78. The Balaban J connectivity index is 1.74. The van der Waals surface area contributed by atoms with Crippen LogP contribution >= 0.6 is 0 Å². The van der Waals surface area contributed by atoms with Crippen molar-refractivity contribution in [2.75, 3.05) is 13.2 Å². The number of phenolic OH excluding ortho intramolecular Hbond substituents is 1. The van der Waals surface area contributed by atoms with Crippen molar-refractivity contribution >= 4 is 0 Å². The molecular formula is C19H25NO3. The van der Waals surface area contributed by atoms with Gasteiger partial charge in [0.2, 0.25) is 0 Å². The number of furan rings is 1. The van der Waals surface area contributed by atoms with Crippen LogP contribution in [0.4, 0.5) is 0 Å². The zero-order chi connectivity index (χ0) is 16.2. The molecule has 1 aromatic carbocycles. The van der Waals surface area contributed by atoms with E-state index in [0.29, 0.717) is 12.3 Å². The first kappa shape index (κ1) is 16.1. The summed E-state index contributed by atoms with van der Waals surface area (Å²) >= 11 is 0. The van der Waals surface area contributed by atoms with E-state index in [2.05, 4.69) is 4.90 Å². The summed E-state index contributed by atoms with van der Waals surface area (Å²) < 4.78 is 11.5. The van der Waals surface area contributed by atoms with Crippen LogP contribution in [0.1, 0.15) is 35.5 Å². The van der Waals surface area contributed by atoms with E-state index in [1.807, 2.05) is 38.1 Å². The van der Waals surface area contributed by atoms with Crippen LogP contribution < -0.4 is 0 Å². The monoisotopic (exact) mass is 315 g/mol. The van der Waals surface area contributed by atoms with Crippen LogP contribution in [-0.4, -0.2) is 29.3 Å². The van der Waals surface area contributed by atoms with Gasteiger partial charge in [0.15, 0.2) is 0 Å². The predicted molar refractivity (Wildman–Crippen MR) is 89.4 cm³/mol. The smallest absolute Gasteiger partial charge is 0.120 e. The molecule has 0 bridgehead atoms. The molecule has 0 saturated carbocycles. The highest BCUT2D eigenvalue weighted by atomic mass is 16.5. The van der Waals surface area contributed by atoms with Gasteiger partial charge in [0, 0.05) is 25.3 Å². The molecule has 1 N–H and O–H groups in total. The van der Waals surface area contributed by atoms with Crippen molar-refractivity contribution in [2.45, 2.75) is 45.9 Å². The van der Waals surface area contributed by atoms with Crippen LogP contribution in [0.25, 0.3) is 0 Å². The predicted octanol–water partition coefficient (Wildman–Crippen LogP) is 3.78. The third-order valence-electron chi connectivity index (χ3n) is 4.29. The fraction of sp³-hybridized carbons (Fsp3) is 0.474. The zero-order valence-corrected chi connectivity index (χ0v) is 13.9. The second-order valence-electron chi connectivity index (χ2n) is 6.45. The standard InChI is InChI=1S/C19H25NO3/c1-14-5-8-19(21)16(10-14)11-20(12-17-4-3-9-22-17)13-18-7-6-15(2)23-18/h5-8,10,17,21H,3-4,9,11-13H2,1-2H3.